The Morgan fingerprint density at radius 2 is 2.11 bits per heavy atom. The fourth-order valence-electron chi connectivity index (χ4n) is 1.80. The molecule has 1 N–H and O–H groups in total. The first-order valence-electron chi connectivity index (χ1n) is 6.40. The Kier molecular flexibility index (Phi) is 6.87. The van der Waals surface area contributed by atoms with E-state index in [1.807, 2.05) is 32.0 Å². The van der Waals surface area contributed by atoms with E-state index in [1.54, 1.807) is 13.4 Å². The third-order valence-electron chi connectivity index (χ3n) is 2.67. The summed E-state index contributed by atoms with van der Waals surface area (Å²) in [4.78, 5) is 0. The van der Waals surface area contributed by atoms with Crippen molar-refractivity contribution in [3.8, 4) is 11.5 Å². The highest BCUT2D eigenvalue weighted by atomic mass is 32.2. The van der Waals surface area contributed by atoms with Gasteiger partial charge in [0.1, 0.15) is 0 Å². The molecule has 0 fully saturated rings. The normalized spacial score (nSPS) is 13.9. The Balaban J connectivity index is 2.63. The van der Waals surface area contributed by atoms with Crippen molar-refractivity contribution in [3.05, 3.63) is 23.8 Å². The van der Waals surface area contributed by atoms with Gasteiger partial charge in [0.15, 0.2) is 11.5 Å². The van der Waals surface area contributed by atoms with E-state index in [4.69, 9.17) is 9.47 Å². The van der Waals surface area contributed by atoms with Crippen LogP contribution in [-0.4, -0.2) is 36.0 Å². The van der Waals surface area contributed by atoms with Gasteiger partial charge in [-0.05, 0) is 31.5 Å². The highest BCUT2D eigenvalue weighted by Crippen LogP contribution is 2.27. The Morgan fingerprint density at radius 3 is 2.68 bits per heavy atom. The highest BCUT2D eigenvalue weighted by molar-refractivity contribution is 7.84. The van der Waals surface area contributed by atoms with Crippen molar-refractivity contribution >= 4 is 10.8 Å². The minimum atomic E-state index is -0.773. The van der Waals surface area contributed by atoms with Crippen LogP contribution in [0.15, 0.2) is 18.2 Å². The van der Waals surface area contributed by atoms with Crippen LogP contribution in [0.4, 0.5) is 0 Å². The molecule has 5 heteroatoms. The molecule has 0 radical (unpaired) electrons. The van der Waals surface area contributed by atoms with E-state index in [1.165, 1.54) is 0 Å². The summed E-state index contributed by atoms with van der Waals surface area (Å²) in [6, 6.07) is 6.11. The van der Waals surface area contributed by atoms with E-state index in [0.29, 0.717) is 12.4 Å². The zero-order valence-electron chi connectivity index (χ0n) is 12.1. The number of ether oxygens (including phenoxy) is 2. The molecule has 0 amide bonds. The Morgan fingerprint density at radius 1 is 1.37 bits per heavy atom. The summed E-state index contributed by atoms with van der Waals surface area (Å²) in [5, 5.41) is 3.35. The number of methoxy groups -OCH3 is 1. The summed E-state index contributed by atoms with van der Waals surface area (Å²) in [6.07, 6.45) is 1.72. The molecular weight excluding hydrogens is 262 g/mol. The predicted molar refractivity (Wildman–Crippen MR) is 79.4 cm³/mol. The van der Waals surface area contributed by atoms with Crippen molar-refractivity contribution in [3.63, 3.8) is 0 Å². The minimum Gasteiger partial charge on any atom is -0.493 e. The van der Waals surface area contributed by atoms with Crippen molar-refractivity contribution in [2.24, 2.45) is 0 Å². The SMILES string of the molecule is CCOc1cc(CNC(C)CS(C)=O)ccc1OC. The molecule has 19 heavy (non-hydrogen) atoms. The van der Waals surface area contributed by atoms with Gasteiger partial charge in [0, 0.05) is 35.4 Å². The van der Waals surface area contributed by atoms with Crippen LogP contribution in [0.2, 0.25) is 0 Å². The molecule has 108 valence electrons. The first-order chi connectivity index (χ1) is 9.06. The number of hydrogen-bond acceptors (Lipinski definition) is 4. The zero-order chi connectivity index (χ0) is 14.3. The fraction of sp³-hybridized carbons (Fsp3) is 0.571. The van der Waals surface area contributed by atoms with Crippen molar-refractivity contribution in [2.45, 2.75) is 26.4 Å². The predicted octanol–water partition coefficient (Wildman–Crippen LogP) is 1.95. The summed E-state index contributed by atoms with van der Waals surface area (Å²) < 4.78 is 21.9. The van der Waals surface area contributed by atoms with Crippen molar-refractivity contribution in [1.29, 1.82) is 0 Å². The monoisotopic (exact) mass is 285 g/mol. The second kappa shape index (κ2) is 8.17. The van der Waals surface area contributed by atoms with E-state index >= 15 is 0 Å². The van der Waals surface area contributed by atoms with Crippen molar-refractivity contribution < 1.29 is 13.7 Å². The largest absolute Gasteiger partial charge is 0.493 e. The van der Waals surface area contributed by atoms with Gasteiger partial charge >= 0.3 is 0 Å². The summed E-state index contributed by atoms with van der Waals surface area (Å²) in [5.74, 6) is 2.17. The quantitative estimate of drug-likeness (QED) is 0.793. The lowest BCUT2D eigenvalue weighted by Crippen LogP contribution is -2.30. The minimum absolute atomic E-state index is 0.225. The molecule has 0 aliphatic heterocycles. The van der Waals surface area contributed by atoms with Crippen LogP contribution in [0.25, 0.3) is 0 Å². The molecule has 1 aromatic rings. The average Bonchev–Trinajstić information content (AvgIpc) is 2.36. The molecule has 0 aromatic heterocycles. The number of nitrogens with one attached hydrogen (secondary N) is 1. The second-order valence-electron chi connectivity index (χ2n) is 4.44. The molecule has 0 bridgehead atoms. The van der Waals surface area contributed by atoms with Crippen molar-refractivity contribution in [1.82, 2.24) is 5.32 Å². The van der Waals surface area contributed by atoms with Crippen LogP contribution in [-0.2, 0) is 17.3 Å². The van der Waals surface area contributed by atoms with Gasteiger partial charge in [-0.25, -0.2) is 0 Å². The Bertz CT molecular complexity index is 423. The molecule has 1 rings (SSSR count). The third-order valence-corrected chi connectivity index (χ3v) is 3.64. The Labute approximate surface area is 118 Å². The number of hydrogen-bond donors (Lipinski definition) is 1. The molecular formula is C14H23NO3S. The molecule has 0 aliphatic carbocycles. The van der Waals surface area contributed by atoms with Crippen LogP contribution < -0.4 is 14.8 Å². The molecule has 2 unspecified atom stereocenters. The molecule has 2 atom stereocenters. The van der Waals surface area contributed by atoms with E-state index in [-0.39, 0.29) is 6.04 Å². The van der Waals surface area contributed by atoms with Crippen LogP contribution in [0.5, 0.6) is 11.5 Å². The standard InChI is InChI=1S/C14H23NO3S/c1-5-18-14-8-12(6-7-13(14)17-3)9-15-11(2)10-19(4)16/h6-8,11,15H,5,9-10H2,1-4H3. The lowest BCUT2D eigenvalue weighted by Gasteiger charge is -2.14. The van der Waals surface area contributed by atoms with Gasteiger partial charge in [-0.1, -0.05) is 6.07 Å². The van der Waals surface area contributed by atoms with Gasteiger partial charge in [0.25, 0.3) is 0 Å². The van der Waals surface area contributed by atoms with Crippen LogP contribution in [0.1, 0.15) is 19.4 Å². The molecule has 0 aliphatic rings. The van der Waals surface area contributed by atoms with Gasteiger partial charge in [-0.2, -0.15) is 0 Å². The molecule has 0 saturated carbocycles. The summed E-state index contributed by atoms with van der Waals surface area (Å²) in [7, 11) is 0.860. The Hall–Kier alpha value is -1.07. The van der Waals surface area contributed by atoms with Gasteiger partial charge in [0.2, 0.25) is 0 Å². The van der Waals surface area contributed by atoms with Crippen LogP contribution in [0.3, 0.4) is 0 Å². The van der Waals surface area contributed by atoms with Gasteiger partial charge in [-0.3, -0.25) is 4.21 Å². The first-order valence-corrected chi connectivity index (χ1v) is 8.12. The smallest absolute Gasteiger partial charge is 0.161 e. The van der Waals surface area contributed by atoms with Crippen LogP contribution in [0, 0.1) is 0 Å². The van der Waals surface area contributed by atoms with E-state index < -0.39 is 10.8 Å². The fourth-order valence-corrected chi connectivity index (χ4v) is 2.62. The second-order valence-corrected chi connectivity index (χ2v) is 5.92. The van der Waals surface area contributed by atoms with Gasteiger partial charge in [-0.15, -0.1) is 0 Å². The number of rotatable bonds is 8. The molecule has 0 saturated heterocycles. The maximum absolute atomic E-state index is 11.1. The third kappa shape index (κ3) is 5.61. The molecule has 4 nitrogen and oxygen atoms in total. The molecule has 1 aromatic carbocycles. The first kappa shape index (κ1) is 16.0. The lowest BCUT2D eigenvalue weighted by atomic mass is 10.2. The summed E-state index contributed by atoms with van der Waals surface area (Å²) in [6.45, 7) is 5.32. The lowest BCUT2D eigenvalue weighted by molar-refractivity contribution is 0.310. The van der Waals surface area contributed by atoms with E-state index in [0.717, 1.165) is 23.6 Å². The van der Waals surface area contributed by atoms with E-state index in [9.17, 15) is 4.21 Å². The highest BCUT2D eigenvalue weighted by Gasteiger charge is 2.07. The molecule has 0 spiro atoms. The summed E-state index contributed by atoms with van der Waals surface area (Å²) in [5.41, 5.74) is 1.12. The van der Waals surface area contributed by atoms with E-state index in [2.05, 4.69) is 5.32 Å². The van der Waals surface area contributed by atoms with Crippen LogP contribution >= 0.6 is 0 Å². The number of benzene rings is 1. The summed E-state index contributed by atoms with van der Waals surface area (Å²) >= 11 is 0. The molecule has 0 heterocycles. The maximum Gasteiger partial charge on any atom is 0.161 e. The maximum atomic E-state index is 11.1. The van der Waals surface area contributed by atoms with Gasteiger partial charge in [0.05, 0.1) is 13.7 Å². The topological polar surface area (TPSA) is 47.6 Å². The average molecular weight is 285 g/mol. The van der Waals surface area contributed by atoms with Crippen molar-refractivity contribution in [2.75, 3.05) is 25.7 Å². The van der Waals surface area contributed by atoms with Gasteiger partial charge < -0.3 is 14.8 Å². The zero-order valence-corrected chi connectivity index (χ0v) is 12.9.